The highest BCUT2D eigenvalue weighted by atomic mass is 16.1. The standard InChI is InChI=1S/2C14H20O.CH4/c1-10(2)9-12-5-7-13(8-6-12)14(15)11(3)4;1-10(2)9-12-7-5-6-8-13(12)14(15)11(3)4;/h2*5-8,10-11H,9H2,1-4H3;1H4. The summed E-state index contributed by atoms with van der Waals surface area (Å²) in [6.45, 7) is 16.5. The zero-order chi connectivity index (χ0) is 22.8. The Morgan fingerprint density at radius 2 is 1.13 bits per heavy atom. The molecule has 2 nitrogen and oxygen atoms in total. The van der Waals surface area contributed by atoms with Gasteiger partial charge >= 0.3 is 0 Å². The summed E-state index contributed by atoms with van der Waals surface area (Å²) in [4.78, 5) is 23.6. The first-order valence-corrected chi connectivity index (χ1v) is 11.3. The molecule has 0 aromatic heterocycles. The van der Waals surface area contributed by atoms with Crippen LogP contribution in [-0.2, 0) is 12.8 Å². The number of benzene rings is 2. The fraction of sp³-hybridized carbons (Fsp3) is 0.517. The minimum Gasteiger partial charge on any atom is -0.294 e. The number of hydrogen-bond acceptors (Lipinski definition) is 2. The number of hydrogen-bond donors (Lipinski definition) is 0. The second-order valence-corrected chi connectivity index (χ2v) is 9.59. The second kappa shape index (κ2) is 14.0. The van der Waals surface area contributed by atoms with Gasteiger partial charge in [-0.25, -0.2) is 0 Å². The zero-order valence-electron chi connectivity index (χ0n) is 20.2. The average Bonchev–Trinajstić information content (AvgIpc) is 2.67. The Hall–Kier alpha value is -2.22. The molecule has 2 aromatic rings. The molecule has 0 saturated carbocycles. The normalized spacial score (nSPS) is 10.7. The summed E-state index contributed by atoms with van der Waals surface area (Å²) < 4.78 is 0. The Balaban J connectivity index is 0.000000562. The average molecular weight is 425 g/mol. The number of rotatable bonds is 8. The van der Waals surface area contributed by atoms with Crippen LogP contribution in [0.2, 0.25) is 0 Å². The van der Waals surface area contributed by atoms with Gasteiger partial charge in [0.1, 0.15) is 0 Å². The summed E-state index contributed by atoms with van der Waals surface area (Å²) in [5.74, 6) is 1.90. The molecule has 172 valence electrons. The fourth-order valence-electron chi connectivity index (χ4n) is 3.30. The van der Waals surface area contributed by atoms with Crippen LogP contribution in [0.3, 0.4) is 0 Å². The number of carbonyl (C=O) groups is 2. The number of carbonyl (C=O) groups excluding carboxylic acids is 2. The summed E-state index contributed by atoms with van der Waals surface area (Å²) in [6, 6.07) is 16.0. The summed E-state index contributed by atoms with van der Waals surface area (Å²) in [5.41, 5.74) is 4.23. The molecular weight excluding hydrogens is 380 g/mol. The highest BCUT2D eigenvalue weighted by Crippen LogP contribution is 2.17. The molecular formula is C29H44O2. The van der Waals surface area contributed by atoms with Crippen molar-refractivity contribution in [3.63, 3.8) is 0 Å². The van der Waals surface area contributed by atoms with Crippen molar-refractivity contribution in [2.24, 2.45) is 23.7 Å². The zero-order valence-corrected chi connectivity index (χ0v) is 20.2. The van der Waals surface area contributed by atoms with Crippen molar-refractivity contribution < 1.29 is 9.59 Å². The molecule has 2 rings (SSSR count). The molecule has 2 heteroatoms. The SMILES string of the molecule is C.CC(C)Cc1ccc(C(=O)C(C)C)cc1.CC(C)Cc1ccccc1C(=O)C(C)C. The van der Waals surface area contributed by atoms with Gasteiger partial charge in [0.25, 0.3) is 0 Å². The maximum atomic E-state index is 11.9. The topological polar surface area (TPSA) is 34.1 Å². The third-order valence-corrected chi connectivity index (χ3v) is 4.84. The van der Waals surface area contributed by atoms with E-state index in [-0.39, 0.29) is 30.8 Å². The van der Waals surface area contributed by atoms with E-state index in [1.807, 2.05) is 58.0 Å². The van der Waals surface area contributed by atoms with Gasteiger partial charge in [0.05, 0.1) is 0 Å². The van der Waals surface area contributed by atoms with Crippen molar-refractivity contribution in [1.82, 2.24) is 0 Å². The van der Waals surface area contributed by atoms with Crippen LogP contribution in [0.5, 0.6) is 0 Å². The van der Waals surface area contributed by atoms with Crippen LogP contribution in [0.1, 0.15) is 94.7 Å². The molecule has 0 aliphatic carbocycles. The van der Waals surface area contributed by atoms with E-state index in [1.165, 1.54) is 11.1 Å². The van der Waals surface area contributed by atoms with Gasteiger partial charge in [-0.1, -0.05) is 111 Å². The van der Waals surface area contributed by atoms with Crippen molar-refractivity contribution in [2.45, 2.75) is 75.7 Å². The van der Waals surface area contributed by atoms with E-state index in [0.29, 0.717) is 11.8 Å². The molecule has 2 aromatic carbocycles. The van der Waals surface area contributed by atoms with Crippen molar-refractivity contribution in [1.29, 1.82) is 0 Å². The molecule has 0 fully saturated rings. The lowest BCUT2D eigenvalue weighted by molar-refractivity contribution is 0.0931. The lowest BCUT2D eigenvalue weighted by atomic mass is 9.92. The Morgan fingerprint density at radius 3 is 1.58 bits per heavy atom. The fourth-order valence-corrected chi connectivity index (χ4v) is 3.30. The lowest BCUT2D eigenvalue weighted by Gasteiger charge is -2.12. The van der Waals surface area contributed by atoms with E-state index in [0.717, 1.165) is 24.0 Å². The summed E-state index contributed by atoms with van der Waals surface area (Å²) in [6.07, 6.45) is 2.06. The predicted molar refractivity (Wildman–Crippen MR) is 135 cm³/mol. The first kappa shape index (κ1) is 28.8. The van der Waals surface area contributed by atoms with Crippen molar-refractivity contribution >= 4 is 11.6 Å². The van der Waals surface area contributed by atoms with Crippen molar-refractivity contribution in [2.75, 3.05) is 0 Å². The molecule has 0 unspecified atom stereocenters. The Bertz CT molecular complexity index is 796. The molecule has 0 atom stereocenters. The van der Waals surface area contributed by atoms with E-state index in [9.17, 15) is 9.59 Å². The molecule has 0 heterocycles. The Kier molecular flexibility index (Phi) is 13.0. The quantitative estimate of drug-likeness (QED) is 0.401. The summed E-state index contributed by atoms with van der Waals surface area (Å²) in [5, 5.41) is 0. The van der Waals surface area contributed by atoms with Gasteiger partial charge in [-0.05, 0) is 35.8 Å². The Morgan fingerprint density at radius 1 is 0.645 bits per heavy atom. The van der Waals surface area contributed by atoms with Gasteiger partial charge in [0.2, 0.25) is 0 Å². The first-order chi connectivity index (χ1) is 14.0. The highest BCUT2D eigenvalue weighted by Gasteiger charge is 2.14. The largest absolute Gasteiger partial charge is 0.294 e. The van der Waals surface area contributed by atoms with Gasteiger partial charge in [0.15, 0.2) is 11.6 Å². The molecule has 31 heavy (non-hydrogen) atoms. The Labute approximate surface area is 191 Å². The third kappa shape index (κ3) is 10.1. The molecule has 0 spiro atoms. The van der Waals surface area contributed by atoms with Crippen LogP contribution in [0, 0.1) is 23.7 Å². The van der Waals surface area contributed by atoms with E-state index < -0.39 is 0 Å². The van der Waals surface area contributed by atoms with Crippen LogP contribution in [0.15, 0.2) is 48.5 Å². The van der Waals surface area contributed by atoms with Crippen molar-refractivity contribution in [3.8, 4) is 0 Å². The maximum absolute atomic E-state index is 11.9. The third-order valence-electron chi connectivity index (χ3n) is 4.84. The first-order valence-electron chi connectivity index (χ1n) is 11.3. The van der Waals surface area contributed by atoms with E-state index in [4.69, 9.17) is 0 Å². The number of Topliss-reactive ketones (excluding diaryl/α,β-unsaturated/α-hetero) is 2. The molecule has 0 aliphatic rings. The van der Waals surface area contributed by atoms with Crippen LogP contribution in [0.25, 0.3) is 0 Å². The summed E-state index contributed by atoms with van der Waals surface area (Å²) in [7, 11) is 0. The maximum Gasteiger partial charge on any atom is 0.165 e. The smallest absolute Gasteiger partial charge is 0.165 e. The van der Waals surface area contributed by atoms with E-state index in [1.54, 1.807) is 0 Å². The molecule has 0 N–H and O–H groups in total. The molecule has 0 radical (unpaired) electrons. The predicted octanol–water partition coefficient (Wildman–Crippen LogP) is 8.08. The van der Waals surface area contributed by atoms with Gasteiger partial charge < -0.3 is 0 Å². The highest BCUT2D eigenvalue weighted by molar-refractivity contribution is 5.98. The monoisotopic (exact) mass is 424 g/mol. The summed E-state index contributed by atoms with van der Waals surface area (Å²) >= 11 is 0. The van der Waals surface area contributed by atoms with Crippen LogP contribution in [0.4, 0.5) is 0 Å². The number of ketones is 2. The van der Waals surface area contributed by atoms with Crippen LogP contribution >= 0.6 is 0 Å². The van der Waals surface area contributed by atoms with E-state index in [2.05, 4.69) is 45.9 Å². The minimum atomic E-state index is 0. The molecule has 0 saturated heterocycles. The second-order valence-electron chi connectivity index (χ2n) is 9.59. The molecule has 0 amide bonds. The lowest BCUT2D eigenvalue weighted by Crippen LogP contribution is -2.11. The van der Waals surface area contributed by atoms with Crippen LogP contribution < -0.4 is 0 Å². The van der Waals surface area contributed by atoms with Crippen LogP contribution in [-0.4, -0.2) is 11.6 Å². The van der Waals surface area contributed by atoms with Crippen molar-refractivity contribution in [3.05, 3.63) is 70.8 Å². The van der Waals surface area contributed by atoms with Gasteiger partial charge in [-0.3, -0.25) is 9.59 Å². The van der Waals surface area contributed by atoms with Gasteiger partial charge in [0, 0.05) is 23.0 Å². The minimum absolute atomic E-state index is 0. The van der Waals surface area contributed by atoms with Gasteiger partial charge in [-0.2, -0.15) is 0 Å². The van der Waals surface area contributed by atoms with Gasteiger partial charge in [-0.15, -0.1) is 0 Å². The molecule has 0 bridgehead atoms. The molecule has 0 aliphatic heterocycles. The van der Waals surface area contributed by atoms with E-state index >= 15 is 0 Å².